The third-order valence-electron chi connectivity index (χ3n) is 5.29. The summed E-state index contributed by atoms with van der Waals surface area (Å²) in [4.78, 5) is 12.4. The number of alkyl halides is 3. The molecule has 1 heterocycles. The molecule has 0 saturated heterocycles. The minimum absolute atomic E-state index is 0.301. The van der Waals surface area contributed by atoms with Crippen molar-refractivity contribution in [3.8, 4) is 0 Å². The van der Waals surface area contributed by atoms with Gasteiger partial charge in [-0.15, -0.1) is 11.3 Å². The number of nitrogens with two attached hydrogens (primary N) is 1. The van der Waals surface area contributed by atoms with Crippen molar-refractivity contribution < 1.29 is 22.7 Å². The van der Waals surface area contributed by atoms with Crippen molar-refractivity contribution >= 4 is 22.8 Å². The van der Waals surface area contributed by atoms with Crippen molar-refractivity contribution in [2.75, 3.05) is 0 Å². The molecule has 0 fully saturated rings. The number of thiophene rings is 1. The van der Waals surface area contributed by atoms with E-state index >= 15 is 0 Å². The summed E-state index contributed by atoms with van der Waals surface area (Å²) >= 11 is 1.09. The second-order valence-corrected chi connectivity index (χ2v) is 9.21. The van der Waals surface area contributed by atoms with Crippen molar-refractivity contribution in [1.29, 1.82) is 0 Å². The summed E-state index contributed by atoms with van der Waals surface area (Å²) in [6.45, 7) is 4.02. The number of carbonyl (C=O) groups excluding carboxylic acids is 1. The molecule has 0 radical (unpaired) electrons. The predicted molar refractivity (Wildman–Crippen MR) is 118 cm³/mol. The monoisotopic (exact) mass is 449 g/mol. The molecule has 2 aromatic rings. The van der Waals surface area contributed by atoms with Gasteiger partial charge in [0.1, 0.15) is 0 Å². The largest absolute Gasteiger partial charge is 0.421 e. The molecule has 1 amide bonds. The molecule has 0 spiro atoms. The van der Waals surface area contributed by atoms with E-state index < -0.39 is 23.8 Å². The number of hydrogen-bond acceptors (Lipinski definition) is 3. The summed E-state index contributed by atoms with van der Waals surface area (Å²) in [5.41, 5.74) is 4.49. The van der Waals surface area contributed by atoms with Crippen LogP contribution in [0.15, 0.2) is 60.7 Å². The van der Waals surface area contributed by atoms with Crippen LogP contribution in [0.1, 0.15) is 59.3 Å². The Balaban J connectivity index is 1.90. The Labute approximate surface area is 184 Å². The fourth-order valence-corrected chi connectivity index (χ4v) is 4.41. The molecular formula is C24H26F3NO2S. The van der Waals surface area contributed by atoms with E-state index in [0.717, 1.165) is 28.5 Å². The van der Waals surface area contributed by atoms with Crippen molar-refractivity contribution in [2.24, 2.45) is 11.7 Å². The summed E-state index contributed by atoms with van der Waals surface area (Å²) in [6.07, 6.45) is -0.417. The van der Waals surface area contributed by atoms with Crippen LogP contribution in [-0.2, 0) is 4.74 Å². The predicted octanol–water partition coefficient (Wildman–Crippen LogP) is 6.69. The average Bonchev–Trinajstić information content (AvgIpc) is 3.22. The van der Waals surface area contributed by atoms with Crippen LogP contribution in [0.4, 0.5) is 13.2 Å². The lowest BCUT2D eigenvalue weighted by Crippen LogP contribution is -2.47. The SMILES string of the molecule is CC(C)CCC(OC1(C(F)(F)F)C=CC(c2ccccc2)=CC1)c1ccc(C(N)=O)s1. The van der Waals surface area contributed by atoms with Gasteiger partial charge in [0.15, 0.2) is 5.60 Å². The van der Waals surface area contributed by atoms with Crippen molar-refractivity contribution in [2.45, 2.75) is 51.0 Å². The highest BCUT2D eigenvalue weighted by molar-refractivity contribution is 7.14. The summed E-state index contributed by atoms with van der Waals surface area (Å²) in [5, 5.41) is 0. The summed E-state index contributed by atoms with van der Waals surface area (Å²) in [6, 6.07) is 12.5. The van der Waals surface area contributed by atoms with Gasteiger partial charge < -0.3 is 10.5 Å². The van der Waals surface area contributed by atoms with Gasteiger partial charge >= 0.3 is 6.18 Å². The molecule has 1 aliphatic carbocycles. The second kappa shape index (κ2) is 9.40. The molecule has 31 heavy (non-hydrogen) atoms. The zero-order chi connectivity index (χ0) is 22.6. The lowest BCUT2D eigenvalue weighted by Gasteiger charge is -2.37. The maximum absolute atomic E-state index is 14.3. The maximum atomic E-state index is 14.3. The summed E-state index contributed by atoms with van der Waals surface area (Å²) < 4.78 is 48.6. The Morgan fingerprint density at radius 1 is 1.16 bits per heavy atom. The molecular weight excluding hydrogens is 423 g/mol. The van der Waals surface area contributed by atoms with Crippen molar-refractivity contribution in [3.63, 3.8) is 0 Å². The number of primary amides is 1. The molecule has 2 N–H and O–H groups in total. The molecule has 0 aliphatic heterocycles. The van der Waals surface area contributed by atoms with Crippen LogP contribution in [0, 0.1) is 5.92 Å². The Kier molecular flexibility index (Phi) is 7.06. The Morgan fingerprint density at radius 3 is 2.39 bits per heavy atom. The van der Waals surface area contributed by atoms with Gasteiger partial charge in [-0.3, -0.25) is 4.79 Å². The minimum atomic E-state index is -4.60. The number of rotatable bonds is 8. The topological polar surface area (TPSA) is 52.3 Å². The van der Waals surface area contributed by atoms with Crippen LogP contribution in [-0.4, -0.2) is 17.7 Å². The van der Waals surface area contributed by atoms with Crippen molar-refractivity contribution in [1.82, 2.24) is 0 Å². The van der Waals surface area contributed by atoms with Gasteiger partial charge in [-0.05, 0) is 48.1 Å². The van der Waals surface area contributed by atoms with E-state index in [1.807, 2.05) is 44.2 Å². The van der Waals surface area contributed by atoms with Gasteiger partial charge in [-0.25, -0.2) is 0 Å². The first kappa shape index (κ1) is 23.3. The number of carbonyl (C=O) groups is 1. The normalized spacial score (nSPS) is 20.0. The Bertz CT molecular complexity index is 963. The third-order valence-corrected chi connectivity index (χ3v) is 6.48. The standard InChI is InChI=1S/C24H26F3NO2S/c1-16(2)8-9-19(20-10-11-21(31-20)22(28)29)30-23(24(25,26)27)14-12-18(13-15-23)17-6-4-3-5-7-17/h3-7,10-14,16,19H,8-9,15H2,1-2H3,(H2,28,29). The number of amides is 1. The molecule has 0 saturated carbocycles. The average molecular weight is 450 g/mol. The van der Waals surface area contributed by atoms with E-state index in [9.17, 15) is 18.0 Å². The Hall–Kier alpha value is -2.38. The van der Waals surface area contributed by atoms with Crippen LogP contribution in [0.25, 0.3) is 5.57 Å². The van der Waals surface area contributed by atoms with Crippen molar-refractivity contribution in [3.05, 3.63) is 76.0 Å². The smallest absolute Gasteiger partial charge is 0.365 e. The van der Waals surface area contributed by atoms with Crippen LogP contribution < -0.4 is 5.73 Å². The van der Waals surface area contributed by atoms with Crippen LogP contribution in [0.3, 0.4) is 0 Å². The van der Waals surface area contributed by atoms with E-state index in [2.05, 4.69) is 0 Å². The molecule has 2 atom stereocenters. The van der Waals surface area contributed by atoms with E-state index in [4.69, 9.17) is 10.5 Å². The molecule has 1 aromatic carbocycles. The summed E-state index contributed by atoms with van der Waals surface area (Å²) in [7, 11) is 0. The second-order valence-electron chi connectivity index (χ2n) is 8.09. The molecule has 1 aliphatic rings. The van der Waals surface area contributed by atoms with Gasteiger partial charge in [-0.1, -0.05) is 56.3 Å². The zero-order valence-corrected chi connectivity index (χ0v) is 18.3. The number of allylic oxidation sites excluding steroid dienone is 2. The molecule has 1 aromatic heterocycles. The third kappa shape index (κ3) is 5.46. The van der Waals surface area contributed by atoms with E-state index in [1.54, 1.807) is 18.2 Å². The lowest BCUT2D eigenvalue weighted by molar-refractivity contribution is -0.271. The first-order valence-corrected chi connectivity index (χ1v) is 11.0. The number of ether oxygens (including phenoxy) is 1. The van der Waals surface area contributed by atoms with Crippen LogP contribution in [0.2, 0.25) is 0 Å². The minimum Gasteiger partial charge on any atom is -0.365 e. The lowest BCUT2D eigenvalue weighted by atomic mass is 9.88. The molecule has 7 heteroatoms. The van der Waals surface area contributed by atoms with Gasteiger partial charge in [0.25, 0.3) is 5.91 Å². The highest BCUT2D eigenvalue weighted by Gasteiger charge is 2.55. The van der Waals surface area contributed by atoms with E-state index in [1.165, 1.54) is 6.08 Å². The zero-order valence-electron chi connectivity index (χ0n) is 17.5. The maximum Gasteiger partial charge on any atom is 0.421 e. The van der Waals surface area contributed by atoms with Gasteiger partial charge in [-0.2, -0.15) is 13.2 Å². The molecule has 3 rings (SSSR count). The molecule has 166 valence electrons. The molecule has 2 unspecified atom stereocenters. The molecule has 0 bridgehead atoms. The van der Waals surface area contributed by atoms with Gasteiger partial charge in [0, 0.05) is 11.3 Å². The van der Waals surface area contributed by atoms with Crippen LogP contribution >= 0.6 is 11.3 Å². The number of benzene rings is 1. The Morgan fingerprint density at radius 2 is 1.87 bits per heavy atom. The van der Waals surface area contributed by atoms with E-state index in [0.29, 0.717) is 28.5 Å². The first-order valence-electron chi connectivity index (χ1n) is 10.2. The first-order chi connectivity index (χ1) is 14.6. The number of hydrogen-bond donors (Lipinski definition) is 1. The quantitative estimate of drug-likeness (QED) is 0.488. The van der Waals surface area contributed by atoms with Crippen LogP contribution in [0.5, 0.6) is 0 Å². The highest BCUT2D eigenvalue weighted by atomic mass is 32.1. The number of halogens is 3. The highest BCUT2D eigenvalue weighted by Crippen LogP contribution is 2.46. The van der Waals surface area contributed by atoms with Gasteiger partial charge in [0.2, 0.25) is 0 Å². The molecule has 3 nitrogen and oxygen atoms in total. The van der Waals surface area contributed by atoms with Gasteiger partial charge in [0.05, 0.1) is 11.0 Å². The summed E-state index contributed by atoms with van der Waals surface area (Å²) in [5.74, 6) is -0.299. The fraction of sp³-hybridized carbons (Fsp3) is 0.375. The van der Waals surface area contributed by atoms with E-state index in [-0.39, 0.29) is 6.42 Å². The fourth-order valence-electron chi connectivity index (χ4n) is 3.49.